The maximum Gasteiger partial charge on any atom is 0.274 e. The minimum Gasteiger partial charge on any atom is -0.388 e. The number of aliphatic hydroxyl groups is 2. The first-order valence-electron chi connectivity index (χ1n) is 4.71. The highest BCUT2D eigenvalue weighted by atomic mass is 16.3. The summed E-state index contributed by atoms with van der Waals surface area (Å²) in [6.45, 7) is 0.327. The molecule has 0 aliphatic carbocycles. The Hall–Kier alpha value is -1.40. The molecule has 1 aromatic rings. The van der Waals surface area contributed by atoms with E-state index in [1.54, 1.807) is 17.8 Å². The summed E-state index contributed by atoms with van der Waals surface area (Å²) < 4.78 is 1.68. The van der Waals surface area contributed by atoms with Crippen molar-refractivity contribution < 1.29 is 15.0 Å². The molecule has 15 heavy (non-hydrogen) atoms. The van der Waals surface area contributed by atoms with Gasteiger partial charge in [0.15, 0.2) is 0 Å². The molecule has 1 saturated heterocycles. The quantitative estimate of drug-likeness (QED) is 0.598. The van der Waals surface area contributed by atoms with Crippen LogP contribution in [0.2, 0.25) is 0 Å². The van der Waals surface area contributed by atoms with Crippen molar-refractivity contribution in [2.75, 3.05) is 13.1 Å². The molecule has 1 amide bonds. The SMILES string of the molecule is Cn1cnc(C(=O)N2CC(O)C(O)C2)c1. The Morgan fingerprint density at radius 3 is 2.53 bits per heavy atom. The van der Waals surface area contributed by atoms with E-state index >= 15 is 0 Å². The van der Waals surface area contributed by atoms with Crippen molar-refractivity contribution >= 4 is 5.91 Å². The zero-order valence-corrected chi connectivity index (χ0v) is 8.37. The second-order valence-corrected chi connectivity index (χ2v) is 3.77. The molecule has 1 aliphatic heterocycles. The van der Waals surface area contributed by atoms with Crippen LogP contribution in [0, 0.1) is 0 Å². The molecule has 2 N–H and O–H groups in total. The van der Waals surface area contributed by atoms with E-state index in [-0.39, 0.29) is 19.0 Å². The molecular formula is C9H13N3O3. The lowest BCUT2D eigenvalue weighted by Gasteiger charge is -2.12. The van der Waals surface area contributed by atoms with E-state index in [4.69, 9.17) is 0 Å². The van der Waals surface area contributed by atoms with Crippen LogP contribution in [0.15, 0.2) is 12.5 Å². The highest BCUT2D eigenvalue weighted by Crippen LogP contribution is 2.12. The number of hydrogen-bond donors (Lipinski definition) is 2. The smallest absolute Gasteiger partial charge is 0.274 e. The van der Waals surface area contributed by atoms with Crippen molar-refractivity contribution in [3.05, 3.63) is 18.2 Å². The number of aryl methyl sites for hydroxylation is 1. The van der Waals surface area contributed by atoms with Gasteiger partial charge in [-0.25, -0.2) is 4.98 Å². The maximum atomic E-state index is 11.8. The van der Waals surface area contributed by atoms with Gasteiger partial charge >= 0.3 is 0 Å². The third-order valence-corrected chi connectivity index (χ3v) is 2.47. The van der Waals surface area contributed by atoms with Crippen molar-refractivity contribution in [2.45, 2.75) is 12.2 Å². The molecule has 1 aliphatic rings. The van der Waals surface area contributed by atoms with E-state index in [1.807, 2.05) is 0 Å². The molecule has 6 heteroatoms. The van der Waals surface area contributed by atoms with Gasteiger partial charge in [-0.1, -0.05) is 0 Å². The Bertz CT molecular complexity index is 366. The largest absolute Gasteiger partial charge is 0.388 e. The van der Waals surface area contributed by atoms with Crippen molar-refractivity contribution in [3.63, 3.8) is 0 Å². The molecule has 2 unspecified atom stereocenters. The summed E-state index contributed by atoms with van der Waals surface area (Å²) in [4.78, 5) is 17.1. The van der Waals surface area contributed by atoms with E-state index in [0.717, 1.165) is 0 Å². The highest BCUT2D eigenvalue weighted by molar-refractivity contribution is 5.92. The number of nitrogens with zero attached hydrogens (tertiary/aromatic N) is 3. The normalized spacial score (nSPS) is 25.9. The second-order valence-electron chi connectivity index (χ2n) is 3.77. The minimum atomic E-state index is -0.849. The molecule has 0 saturated carbocycles. The average Bonchev–Trinajstić information content (AvgIpc) is 2.74. The monoisotopic (exact) mass is 211 g/mol. The standard InChI is InChI=1S/C9H13N3O3/c1-11-2-6(10-5-11)9(15)12-3-7(13)8(14)4-12/h2,5,7-8,13-14H,3-4H2,1H3. The Balaban J connectivity index is 2.10. The summed E-state index contributed by atoms with van der Waals surface area (Å²) in [6.07, 6.45) is 1.45. The zero-order valence-electron chi connectivity index (χ0n) is 8.37. The fourth-order valence-corrected chi connectivity index (χ4v) is 1.62. The average molecular weight is 211 g/mol. The van der Waals surface area contributed by atoms with Gasteiger partial charge in [-0.15, -0.1) is 0 Å². The molecule has 1 aromatic heterocycles. The first kappa shape index (κ1) is 10.1. The highest BCUT2D eigenvalue weighted by Gasteiger charge is 2.33. The molecular weight excluding hydrogens is 198 g/mol. The number of carbonyl (C=O) groups excluding carboxylic acids is 1. The van der Waals surface area contributed by atoms with Crippen molar-refractivity contribution in [1.82, 2.24) is 14.5 Å². The third kappa shape index (κ3) is 1.86. The number of rotatable bonds is 1. The second kappa shape index (κ2) is 3.63. The van der Waals surface area contributed by atoms with Crippen LogP contribution < -0.4 is 0 Å². The Kier molecular flexibility index (Phi) is 2.45. The van der Waals surface area contributed by atoms with Crippen molar-refractivity contribution in [2.24, 2.45) is 7.05 Å². The number of amides is 1. The van der Waals surface area contributed by atoms with Gasteiger partial charge in [-0.05, 0) is 0 Å². The minimum absolute atomic E-state index is 0.163. The lowest BCUT2D eigenvalue weighted by molar-refractivity contribution is 0.0572. The molecule has 0 spiro atoms. The number of likely N-dealkylation sites (tertiary alicyclic amines) is 1. The van der Waals surface area contributed by atoms with Gasteiger partial charge in [0.2, 0.25) is 0 Å². The van der Waals surface area contributed by atoms with E-state index in [1.165, 1.54) is 11.2 Å². The van der Waals surface area contributed by atoms with Gasteiger partial charge in [0.25, 0.3) is 5.91 Å². The van der Waals surface area contributed by atoms with E-state index in [2.05, 4.69) is 4.98 Å². The first-order chi connectivity index (χ1) is 7.08. The van der Waals surface area contributed by atoms with E-state index in [0.29, 0.717) is 5.69 Å². The number of hydrogen-bond acceptors (Lipinski definition) is 4. The van der Waals surface area contributed by atoms with Crippen LogP contribution in [-0.2, 0) is 7.05 Å². The fraction of sp³-hybridized carbons (Fsp3) is 0.556. The Morgan fingerprint density at radius 1 is 1.47 bits per heavy atom. The summed E-state index contributed by atoms with van der Waals surface area (Å²) in [7, 11) is 1.78. The number of aromatic nitrogens is 2. The van der Waals surface area contributed by atoms with Crippen LogP contribution in [0.1, 0.15) is 10.5 Å². The predicted octanol–water partition coefficient (Wildman–Crippen LogP) is -1.40. The van der Waals surface area contributed by atoms with Crippen LogP contribution in [0.25, 0.3) is 0 Å². The Labute approximate surface area is 86.8 Å². The number of imidazole rings is 1. The zero-order chi connectivity index (χ0) is 11.0. The van der Waals surface area contributed by atoms with Crippen LogP contribution in [-0.4, -0.2) is 55.9 Å². The molecule has 0 radical (unpaired) electrons. The molecule has 0 aromatic carbocycles. The summed E-state index contributed by atoms with van der Waals surface area (Å²) in [5.41, 5.74) is 0.332. The van der Waals surface area contributed by atoms with Crippen LogP contribution in [0.5, 0.6) is 0 Å². The predicted molar refractivity (Wildman–Crippen MR) is 51.1 cm³/mol. The lowest BCUT2D eigenvalue weighted by atomic mass is 10.3. The van der Waals surface area contributed by atoms with Crippen molar-refractivity contribution in [3.8, 4) is 0 Å². The van der Waals surface area contributed by atoms with Gasteiger partial charge in [0.05, 0.1) is 18.5 Å². The summed E-state index contributed by atoms with van der Waals surface area (Å²) in [6, 6.07) is 0. The summed E-state index contributed by atoms with van der Waals surface area (Å²) in [5, 5.41) is 18.6. The van der Waals surface area contributed by atoms with Crippen LogP contribution in [0.3, 0.4) is 0 Å². The molecule has 2 rings (SSSR count). The van der Waals surface area contributed by atoms with E-state index < -0.39 is 12.2 Å². The van der Waals surface area contributed by atoms with Gasteiger partial charge < -0.3 is 19.7 Å². The van der Waals surface area contributed by atoms with Crippen molar-refractivity contribution in [1.29, 1.82) is 0 Å². The first-order valence-corrected chi connectivity index (χ1v) is 4.71. The topological polar surface area (TPSA) is 78.6 Å². The molecule has 82 valence electrons. The summed E-state index contributed by atoms with van der Waals surface area (Å²) in [5.74, 6) is -0.258. The number of aliphatic hydroxyl groups excluding tert-OH is 2. The van der Waals surface area contributed by atoms with Gasteiger partial charge in [-0.3, -0.25) is 4.79 Å². The van der Waals surface area contributed by atoms with Crippen LogP contribution >= 0.6 is 0 Å². The van der Waals surface area contributed by atoms with E-state index in [9.17, 15) is 15.0 Å². The van der Waals surface area contributed by atoms with Crippen LogP contribution in [0.4, 0.5) is 0 Å². The molecule has 2 heterocycles. The Morgan fingerprint density at radius 2 is 2.07 bits per heavy atom. The number of carbonyl (C=O) groups is 1. The molecule has 2 atom stereocenters. The molecule has 1 fully saturated rings. The van der Waals surface area contributed by atoms with Gasteiger partial charge in [-0.2, -0.15) is 0 Å². The maximum absolute atomic E-state index is 11.8. The third-order valence-electron chi connectivity index (χ3n) is 2.47. The lowest BCUT2D eigenvalue weighted by Crippen LogP contribution is -2.30. The molecule has 0 bridgehead atoms. The fourth-order valence-electron chi connectivity index (χ4n) is 1.62. The molecule has 6 nitrogen and oxygen atoms in total. The van der Waals surface area contributed by atoms with Gasteiger partial charge in [0.1, 0.15) is 5.69 Å². The number of β-amino-alcohol motifs (C(OH)–C–C–N with tert-alkyl or cyclic N) is 2. The summed E-state index contributed by atoms with van der Waals surface area (Å²) >= 11 is 0. The van der Waals surface area contributed by atoms with Gasteiger partial charge in [0, 0.05) is 26.3 Å².